The van der Waals surface area contributed by atoms with Gasteiger partial charge >= 0.3 is 6.03 Å². The summed E-state index contributed by atoms with van der Waals surface area (Å²) in [5.41, 5.74) is 3.64. The van der Waals surface area contributed by atoms with Gasteiger partial charge in [-0.25, -0.2) is 9.48 Å². The summed E-state index contributed by atoms with van der Waals surface area (Å²) in [5.74, 6) is 0.383. The second-order valence-corrected chi connectivity index (χ2v) is 6.66. The van der Waals surface area contributed by atoms with Crippen LogP contribution in [0.1, 0.15) is 21.7 Å². The topological polar surface area (TPSA) is 97.3 Å². The maximum Gasteiger partial charge on any atom is 0.319 e. The van der Waals surface area contributed by atoms with Crippen molar-refractivity contribution in [2.75, 3.05) is 25.5 Å². The molecule has 0 radical (unpaired) electrons. The summed E-state index contributed by atoms with van der Waals surface area (Å²) >= 11 is 0. The van der Waals surface area contributed by atoms with E-state index in [0.717, 1.165) is 17.1 Å². The molecule has 0 aliphatic carbocycles. The molecular formula is C22H25N5O3. The molecule has 30 heavy (non-hydrogen) atoms. The molecule has 0 fully saturated rings. The minimum Gasteiger partial charge on any atom is -0.497 e. The molecule has 1 heterocycles. The number of urea groups is 1. The van der Waals surface area contributed by atoms with Crippen molar-refractivity contribution in [3.8, 4) is 11.4 Å². The Hall–Kier alpha value is -3.81. The summed E-state index contributed by atoms with van der Waals surface area (Å²) in [6.45, 7) is 4.32. The second kappa shape index (κ2) is 9.60. The Kier molecular flexibility index (Phi) is 6.69. The average molecular weight is 407 g/mol. The minimum absolute atomic E-state index is 0.230. The van der Waals surface area contributed by atoms with Crippen molar-refractivity contribution in [1.29, 1.82) is 0 Å². The number of anilines is 1. The van der Waals surface area contributed by atoms with E-state index in [1.54, 1.807) is 36.1 Å². The van der Waals surface area contributed by atoms with Gasteiger partial charge in [0.15, 0.2) is 0 Å². The zero-order valence-electron chi connectivity index (χ0n) is 17.2. The minimum atomic E-state index is -0.357. The van der Waals surface area contributed by atoms with Crippen LogP contribution in [0.5, 0.6) is 5.75 Å². The van der Waals surface area contributed by atoms with E-state index in [-0.39, 0.29) is 18.5 Å². The number of hydrogen-bond acceptors (Lipinski definition) is 4. The van der Waals surface area contributed by atoms with Gasteiger partial charge in [-0.2, -0.15) is 5.10 Å². The normalized spacial score (nSPS) is 10.4. The molecular weight excluding hydrogens is 382 g/mol. The monoisotopic (exact) mass is 407 g/mol. The summed E-state index contributed by atoms with van der Waals surface area (Å²) in [7, 11) is 1.55. The van der Waals surface area contributed by atoms with Gasteiger partial charge in [0, 0.05) is 18.7 Å². The number of aromatic nitrogens is 2. The van der Waals surface area contributed by atoms with Gasteiger partial charge in [0.25, 0.3) is 5.91 Å². The van der Waals surface area contributed by atoms with Crippen molar-refractivity contribution in [1.82, 2.24) is 20.4 Å². The van der Waals surface area contributed by atoms with Crippen LogP contribution in [0.3, 0.4) is 0 Å². The standard InChI is InChI=1S/C22H25N5O3/c1-15-20(16(2)27(26-15)18-9-5-4-6-10-18)25-22(29)24-13-12-23-21(28)17-8-7-11-19(14-17)30-3/h4-11,14H,12-13H2,1-3H3,(H,23,28)(H2,24,25,29). The molecule has 2 aromatic carbocycles. The van der Waals surface area contributed by atoms with Crippen LogP contribution in [0.15, 0.2) is 54.6 Å². The van der Waals surface area contributed by atoms with Gasteiger partial charge in [0.2, 0.25) is 0 Å². The third kappa shape index (κ3) is 4.96. The van der Waals surface area contributed by atoms with Crippen molar-refractivity contribution in [2.45, 2.75) is 13.8 Å². The fraction of sp³-hybridized carbons (Fsp3) is 0.227. The molecule has 3 N–H and O–H groups in total. The molecule has 0 unspecified atom stereocenters. The van der Waals surface area contributed by atoms with Gasteiger partial charge in [-0.3, -0.25) is 4.79 Å². The molecule has 0 bridgehead atoms. The summed E-state index contributed by atoms with van der Waals surface area (Å²) in [6.07, 6.45) is 0. The molecule has 0 saturated carbocycles. The van der Waals surface area contributed by atoms with Crippen molar-refractivity contribution in [3.63, 3.8) is 0 Å². The number of carbonyl (C=O) groups excluding carboxylic acids is 2. The number of carbonyl (C=O) groups is 2. The number of nitrogens with zero attached hydrogens (tertiary/aromatic N) is 2. The number of ether oxygens (including phenoxy) is 1. The first-order valence-electron chi connectivity index (χ1n) is 9.58. The number of hydrogen-bond donors (Lipinski definition) is 3. The molecule has 0 atom stereocenters. The van der Waals surface area contributed by atoms with Crippen molar-refractivity contribution in [3.05, 3.63) is 71.5 Å². The summed E-state index contributed by atoms with van der Waals surface area (Å²) < 4.78 is 6.91. The van der Waals surface area contributed by atoms with Gasteiger partial charge in [0.1, 0.15) is 5.75 Å². The Bertz CT molecular complexity index is 1030. The van der Waals surface area contributed by atoms with Crippen LogP contribution in [0.25, 0.3) is 5.69 Å². The maximum atomic E-state index is 12.3. The summed E-state index contributed by atoms with van der Waals surface area (Å²) in [6, 6.07) is 16.2. The van der Waals surface area contributed by atoms with Gasteiger partial charge in [-0.1, -0.05) is 24.3 Å². The molecule has 0 aliphatic rings. The van der Waals surface area contributed by atoms with Crippen molar-refractivity contribution < 1.29 is 14.3 Å². The van der Waals surface area contributed by atoms with E-state index in [9.17, 15) is 9.59 Å². The number of rotatable bonds is 7. The zero-order valence-corrected chi connectivity index (χ0v) is 17.2. The van der Waals surface area contributed by atoms with Gasteiger partial charge in [0.05, 0.1) is 29.9 Å². The van der Waals surface area contributed by atoms with Crippen molar-refractivity contribution >= 4 is 17.6 Å². The third-order valence-corrected chi connectivity index (χ3v) is 4.56. The lowest BCUT2D eigenvalue weighted by Crippen LogP contribution is -2.37. The average Bonchev–Trinajstić information content (AvgIpc) is 3.05. The van der Waals surface area contributed by atoms with E-state index in [1.807, 2.05) is 44.2 Å². The fourth-order valence-electron chi connectivity index (χ4n) is 3.02. The van der Waals surface area contributed by atoms with E-state index < -0.39 is 0 Å². The number of aryl methyl sites for hydroxylation is 1. The maximum absolute atomic E-state index is 12.3. The smallest absolute Gasteiger partial charge is 0.319 e. The highest BCUT2D eigenvalue weighted by atomic mass is 16.5. The Balaban J connectivity index is 1.50. The van der Waals surface area contributed by atoms with Crippen LogP contribution < -0.4 is 20.7 Å². The number of amides is 3. The van der Waals surface area contributed by atoms with E-state index in [0.29, 0.717) is 23.5 Å². The first kappa shape index (κ1) is 20.9. The highest BCUT2D eigenvalue weighted by Gasteiger charge is 2.15. The molecule has 0 saturated heterocycles. The first-order valence-corrected chi connectivity index (χ1v) is 9.58. The van der Waals surface area contributed by atoms with Gasteiger partial charge in [-0.15, -0.1) is 0 Å². The highest BCUT2D eigenvalue weighted by Crippen LogP contribution is 2.22. The number of benzene rings is 2. The Morgan fingerprint density at radius 1 is 1.00 bits per heavy atom. The Labute approximate surface area is 175 Å². The molecule has 0 aliphatic heterocycles. The lowest BCUT2D eigenvalue weighted by Gasteiger charge is -2.10. The predicted molar refractivity (Wildman–Crippen MR) is 115 cm³/mol. The van der Waals surface area contributed by atoms with E-state index in [4.69, 9.17) is 4.74 Å². The van der Waals surface area contributed by atoms with Gasteiger partial charge < -0.3 is 20.7 Å². The molecule has 8 heteroatoms. The lowest BCUT2D eigenvalue weighted by molar-refractivity contribution is 0.0953. The van der Waals surface area contributed by atoms with Crippen molar-refractivity contribution in [2.24, 2.45) is 0 Å². The highest BCUT2D eigenvalue weighted by molar-refractivity contribution is 5.94. The van der Waals surface area contributed by atoms with E-state index >= 15 is 0 Å². The fourth-order valence-corrected chi connectivity index (χ4v) is 3.02. The summed E-state index contributed by atoms with van der Waals surface area (Å²) in [5, 5.41) is 12.9. The molecule has 8 nitrogen and oxygen atoms in total. The molecule has 156 valence electrons. The Morgan fingerprint density at radius 2 is 1.73 bits per heavy atom. The molecule has 3 aromatic rings. The number of nitrogens with one attached hydrogen (secondary N) is 3. The largest absolute Gasteiger partial charge is 0.497 e. The Morgan fingerprint density at radius 3 is 2.47 bits per heavy atom. The first-order chi connectivity index (χ1) is 14.5. The van der Waals surface area contributed by atoms with Crippen LogP contribution in [0.4, 0.5) is 10.5 Å². The van der Waals surface area contributed by atoms with Crippen LogP contribution >= 0.6 is 0 Å². The molecule has 0 spiro atoms. The van der Waals surface area contributed by atoms with E-state index in [2.05, 4.69) is 21.0 Å². The summed E-state index contributed by atoms with van der Waals surface area (Å²) in [4.78, 5) is 24.4. The van der Waals surface area contributed by atoms with Crippen LogP contribution in [-0.2, 0) is 0 Å². The molecule has 3 rings (SSSR count). The van der Waals surface area contributed by atoms with E-state index in [1.165, 1.54) is 0 Å². The van der Waals surface area contributed by atoms with Crippen LogP contribution in [0, 0.1) is 13.8 Å². The number of para-hydroxylation sites is 1. The second-order valence-electron chi connectivity index (χ2n) is 6.66. The molecule has 1 aromatic heterocycles. The predicted octanol–water partition coefficient (Wildman–Crippen LogP) is 3.05. The van der Waals surface area contributed by atoms with Crippen LogP contribution in [0.2, 0.25) is 0 Å². The third-order valence-electron chi connectivity index (χ3n) is 4.56. The quantitative estimate of drug-likeness (QED) is 0.525. The number of methoxy groups -OCH3 is 1. The zero-order chi connectivity index (χ0) is 21.5. The molecule has 3 amide bonds. The SMILES string of the molecule is COc1cccc(C(=O)NCCNC(=O)Nc2c(C)nn(-c3ccccc3)c2C)c1. The van der Waals surface area contributed by atoms with Gasteiger partial charge in [-0.05, 0) is 44.2 Å². The lowest BCUT2D eigenvalue weighted by atomic mass is 10.2. The van der Waals surface area contributed by atoms with Crippen LogP contribution in [-0.4, -0.2) is 41.9 Å².